The second kappa shape index (κ2) is 8.58. The molecule has 1 amide bonds. The zero-order valence-electron chi connectivity index (χ0n) is 17.1. The lowest BCUT2D eigenvalue weighted by Crippen LogP contribution is -2.49. The Labute approximate surface area is 170 Å². The predicted molar refractivity (Wildman–Crippen MR) is 116 cm³/mol. The molecule has 5 heteroatoms. The van der Waals surface area contributed by atoms with E-state index < -0.39 is 16.4 Å². The summed E-state index contributed by atoms with van der Waals surface area (Å²) >= 11 is 0. The molecule has 3 unspecified atom stereocenters. The van der Waals surface area contributed by atoms with Crippen LogP contribution in [0.1, 0.15) is 32.8 Å². The number of likely N-dealkylation sites (tertiary alicyclic amines) is 1. The Morgan fingerprint density at radius 2 is 1.79 bits per heavy atom. The molecule has 1 aliphatic rings. The number of carbonyl (C=O) groups excluding carboxylic acids is 1. The fourth-order valence-corrected chi connectivity index (χ4v) is 4.59. The molecule has 150 valence electrons. The van der Waals surface area contributed by atoms with E-state index in [0.717, 1.165) is 12.8 Å². The SMILES string of the molecule is CS(=O)NC1CCN(C(=O)C(C)(C)C)C1Cc1cccc(-c2ccccc2)c1. The van der Waals surface area contributed by atoms with Gasteiger partial charge in [0.05, 0.1) is 17.0 Å². The molecule has 1 fully saturated rings. The van der Waals surface area contributed by atoms with E-state index in [1.165, 1.54) is 16.7 Å². The summed E-state index contributed by atoms with van der Waals surface area (Å²) in [4.78, 5) is 15.0. The zero-order valence-corrected chi connectivity index (χ0v) is 18.0. The van der Waals surface area contributed by atoms with Crippen LogP contribution in [0.25, 0.3) is 11.1 Å². The predicted octanol–water partition coefficient (Wildman–Crippen LogP) is 3.79. The highest BCUT2D eigenvalue weighted by molar-refractivity contribution is 7.82. The van der Waals surface area contributed by atoms with Crippen molar-refractivity contribution >= 4 is 16.9 Å². The van der Waals surface area contributed by atoms with Gasteiger partial charge in [0.15, 0.2) is 0 Å². The lowest BCUT2D eigenvalue weighted by Gasteiger charge is -2.33. The van der Waals surface area contributed by atoms with Crippen molar-refractivity contribution < 1.29 is 9.00 Å². The molecule has 1 saturated heterocycles. The van der Waals surface area contributed by atoms with Gasteiger partial charge in [-0.15, -0.1) is 0 Å². The molecule has 3 rings (SSSR count). The molecule has 0 saturated carbocycles. The number of nitrogens with one attached hydrogen (secondary N) is 1. The van der Waals surface area contributed by atoms with E-state index in [0.29, 0.717) is 6.54 Å². The first-order chi connectivity index (χ1) is 13.3. The molecule has 3 atom stereocenters. The minimum atomic E-state index is -1.11. The van der Waals surface area contributed by atoms with Crippen LogP contribution in [0.15, 0.2) is 54.6 Å². The van der Waals surface area contributed by atoms with Gasteiger partial charge in [0.25, 0.3) is 0 Å². The van der Waals surface area contributed by atoms with Crippen molar-refractivity contribution in [2.45, 2.75) is 45.7 Å². The van der Waals surface area contributed by atoms with Crippen LogP contribution in [0.4, 0.5) is 0 Å². The van der Waals surface area contributed by atoms with Gasteiger partial charge in [0.1, 0.15) is 0 Å². The van der Waals surface area contributed by atoms with Gasteiger partial charge in [0, 0.05) is 24.3 Å². The molecule has 0 bridgehead atoms. The van der Waals surface area contributed by atoms with E-state index in [9.17, 15) is 9.00 Å². The molecule has 2 aromatic rings. The van der Waals surface area contributed by atoms with Gasteiger partial charge >= 0.3 is 0 Å². The number of nitrogens with zero attached hydrogens (tertiary/aromatic N) is 1. The van der Waals surface area contributed by atoms with Gasteiger partial charge in [-0.2, -0.15) is 0 Å². The van der Waals surface area contributed by atoms with Crippen molar-refractivity contribution in [2.24, 2.45) is 5.41 Å². The van der Waals surface area contributed by atoms with Crippen molar-refractivity contribution in [3.8, 4) is 11.1 Å². The molecule has 28 heavy (non-hydrogen) atoms. The van der Waals surface area contributed by atoms with Crippen LogP contribution in [0.3, 0.4) is 0 Å². The maximum atomic E-state index is 13.0. The molecular formula is C23H30N2O2S. The Morgan fingerprint density at radius 3 is 2.43 bits per heavy atom. The van der Waals surface area contributed by atoms with Crippen LogP contribution in [0, 0.1) is 5.41 Å². The minimum absolute atomic E-state index is 0.00153. The van der Waals surface area contributed by atoms with Crippen molar-refractivity contribution in [3.63, 3.8) is 0 Å². The maximum Gasteiger partial charge on any atom is 0.228 e. The third-order valence-electron chi connectivity index (χ3n) is 5.24. The molecule has 4 nitrogen and oxygen atoms in total. The summed E-state index contributed by atoms with van der Waals surface area (Å²) in [6, 6.07) is 18.9. The summed E-state index contributed by atoms with van der Waals surface area (Å²) in [5.41, 5.74) is 3.12. The molecule has 1 heterocycles. The average molecular weight is 399 g/mol. The molecule has 1 N–H and O–H groups in total. The summed E-state index contributed by atoms with van der Waals surface area (Å²) in [5.74, 6) is 0.155. The summed E-state index contributed by atoms with van der Waals surface area (Å²) in [6.07, 6.45) is 3.23. The van der Waals surface area contributed by atoms with Crippen LogP contribution in [0.2, 0.25) is 0 Å². The van der Waals surface area contributed by atoms with E-state index in [1.54, 1.807) is 6.26 Å². The Balaban J connectivity index is 1.87. The van der Waals surface area contributed by atoms with Crippen molar-refractivity contribution in [3.05, 3.63) is 60.2 Å². The van der Waals surface area contributed by atoms with Crippen LogP contribution in [0.5, 0.6) is 0 Å². The first kappa shape index (κ1) is 20.7. The quantitative estimate of drug-likeness (QED) is 0.833. The molecule has 2 aromatic carbocycles. The lowest BCUT2D eigenvalue weighted by molar-refractivity contribution is -0.140. The highest BCUT2D eigenvalue weighted by Gasteiger charge is 2.40. The molecular weight excluding hydrogens is 368 g/mol. The van der Waals surface area contributed by atoms with Crippen molar-refractivity contribution in [1.29, 1.82) is 0 Å². The fraction of sp³-hybridized carbons (Fsp3) is 0.435. The normalized spacial score (nSPS) is 20.9. The van der Waals surface area contributed by atoms with Crippen molar-refractivity contribution in [2.75, 3.05) is 12.8 Å². The smallest absolute Gasteiger partial charge is 0.228 e. The maximum absolute atomic E-state index is 13.0. The van der Waals surface area contributed by atoms with E-state index in [4.69, 9.17) is 0 Å². The summed E-state index contributed by atoms with van der Waals surface area (Å²) in [6.45, 7) is 6.58. The Hall–Kier alpha value is -1.98. The van der Waals surface area contributed by atoms with Gasteiger partial charge in [-0.1, -0.05) is 75.4 Å². The first-order valence-corrected chi connectivity index (χ1v) is 11.4. The molecule has 0 aromatic heterocycles. The zero-order chi connectivity index (χ0) is 20.3. The van der Waals surface area contributed by atoms with Crippen molar-refractivity contribution in [1.82, 2.24) is 9.62 Å². The number of amides is 1. The molecule has 1 aliphatic heterocycles. The molecule has 0 radical (unpaired) electrons. The summed E-state index contributed by atoms with van der Waals surface area (Å²) in [7, 11) is -1.11. The van der Waals surface area contributed by atoms with Gasteiger partial charge in [0.2, 0.25) is 5.91 Å². The highest BCUT2D eigenvalue weighted by atomic mass is 32.2. The Morgan fingerprint density at radius 1 is 1.11 bits per heavy atom. The minimum Gasteiger partial charge on any atom is -0.337 e. The number of rotatable bonds is 5. The van der Waals surface area contributed by atoms with Gasteiger partial charge in [-0.3, -0.25) is 4.79 Å². The Kier molecular flexibility index (Phi) is 6.36. The van der Waals surface area contributed by atoms with Gasteiger partial charge in [-0.05, 0) is 29.5 Å². The number of hydrogen-bond donors (Lipinski definition) is 1. The van der Waals surface area contributed by atoms with E-state index in [2.05, 4.69) is 41.1 Å². The lowest BCUT2D eigenvalue weighted by atomic mass is 9.92. The monoisotopic (exact) mass is 398 g/mol. The summed E-state index contributed by atoms with van der Waals surface area (Å²) in [5, 5.41) is 0. The number of carbonyl (C=O) groups is 1. The fourth-order valence-electron chi connectivity index (χ4n) is 3.89. The van der Waals surface area contributed by atoms with E-state index >= 15 is 0 Å². The summed E-state index contributed by atoms with van der Waals surface area (Å²) < 4.78 is 15.0. The van der Waals surface area contributed by atoms with E-state index in [-0.39, 0.29) is 18.0 Å². The topological polar surface area (TPSA) is 49.4 Å². The Bertz CT molecular complexity index is 845. The van der Waals surface area contributed by atoms with Gasteiger partial charge < -0.3 is 4.90 Å². The number of benzene rings is 2. The third kappa shape index (κ3) is 4.89. The average Bonchev–Trinajstić information content (AvgIpc) is 3.03. The third-order valence-corrected chi connectivity index (χ3v) is 5.88. The van der Waals surface area contributed by atoms with Crippen LogP contribution in [-0.4, -0.2) is 39.9 Å². The van der Waals surface area contributed by atoms with Gasteiger partial charge in [-0.25, -0.2) is 8.93 Å². The second-order valence-corrected chi connectivity index (χ2v) is 9.70. The first-order valence-electron chi connectivity index (χ1n) is 9.81. The standard InChI is InChI=1S/C23H30N2O2S/c1-23(2,3)22(26)25-14-13-20(24-28(4)27)21(25)16-17-9-8-12-19(15-17)18-10-6-5-7-11-18/h5-12,15,20-21,24H,13-14,16H2,1-4H3. The van der Waals surface area contributed by atoms with Crippen LogP contribution in [-0.2, 0) is 22.2 Å². The van der Waals surface area contributed by atoms with E-state index in [1.807, 2.05) is 43.9 Å². The highest BCUT2D eigenvalue weighted by Crippen LogP contribution is 2.29. The van der Waals surface area contributed by atoms with Crippen LogP contribution >= 0.6 is 0 Å². The van der Waals surface area contributed by atoms with Crippen LogP contribution < -0.4 is 4.72 Å². The number of hydrogen-bond acceptors (Lipinski definition) is 2. The second-order valence-electron chi connectivity index (χ2n) is 8.55. The molecule has 0 aliphatic carbocycles. The molecule has 0 spiro atoms. The largest absolute Gasteiger partial charge is 0.337 e.